The SMILES string of the molecule is NC(=CC1=NCCC12CCNC2)c1cnc2ccccc2c1. The fourth-order valence-corrected chi connectivity index (χ4v) is 3.52. The Hall–Kier alpha value is -2.20. The molecule has 3 heterocycles. The summed E-state index contributed by atoms with van der Waals surface area (Å²) < 4.78 is 0. The van der Waals surface area contributed by atoms with Crippen LogP contribution in [0.5, 0.6) is 0 Å². The first-order valence-corrected chi connectivity index (χ1v) is 7.85. The predicted molar refractivity (Wildman–Crippen MR) is 90.7 cm³/mol. The van der Waals surface area contributed by atoms with E-state index in [1.807, 2.05) is 24.4 Å². The molecule has 1 atom stereocenters. The summed E-state index contributed by atoms with van der Waals surface area (Å²) in [6.07, 6.45) is 6.20. The van der Waals surface area contributed by atoms with Gasteiger partial charge in [-0.3, -0.25) is 9.98 Å². The molecule has 1 aromatic carbocycles. The topological polar surface area (TPSA) is 63.3 Å². The molecule has 1 fully saturated rings. The average molecular weight is 292 g/mol. The van der Waals surface area contributed by atoms with Gasteiger partial charge in [0.1, 0.15) is 0 Å². The first-order chi connectivity index (χ1) is 10.8. The molecule has 4 rings (SSSR count). The Morgan fingerprint density at radius 3 is 3.05 bits per heavy atom. The number of aliphatic imine (C=N–C) groups is 1. The largest absolute Gasteiger partial charge is 0.398 e. The van der Waals surface area contributed by atoms with E-state index in [9.17, 15) is 0 Å². The summed E-state index contributed by atoms with van der Waals surface area (Å²) in [6, 6.07) is 10.2. The highest BCUT2D eigenvalue weighted by Crippen LogP contribution is 2.36. The maximum Gasteiger partial charge on any atom is 0.0702 e. The molecule has 4 heteroatoms. The van der Waals surface area contributed by atoms with E-state index in [0.717, 1.165) is 60.4 Å². The van der Waals surface area contributed by atoms with Crippen LogP contribution in [0.1, 0.15) is 18.4 Å². The number of hydrogen-bond acceptors (Lipinski definition) is 4. The zero-order valence-electron chi connectivity index (χ0n) is 12.5. The van der Waals surface area contributed by atoms with E-state index < -0.39 is 0 Å². The third-order valence-electron chi connectivity index (χ3n) is 4.88. The van der Waals surface area contributed by atoms with Crippen LogP contribution < -0.4 is 11.1 Å². The van der Waals surface area contributed by atoms with Gasteiger partial charge in [-0.15, -0.1) is 0 Å². The van der Waals surface area contributed by atoms with E-state index in [-0.39, 0.29) is 5.41 Å². The van der Waals surface area contributed by atoms with Gasteiger partial charge in [0, 0.05) is 47.1 Å². The van der Waals surface area contributed by atoms with E-state index in [4.69, 9.17) is 10.7 Å². The van der Waals surface area contributed by atoms with Crippen molar-refractivity contribution in [3.63, 3.8) is 0 Å². The van der Waals surface area contributed by atoms with Crippen LogP contribution in [0.25, 0.3) is 16.6 Å². The van der Waals surface area contributed by atoms with Crippen LogP contribution in [0.2, 0.25) is 0 Å². The Kier molecular flexibility index (Phi) is 3.19. The van der Waals surface area contributed by atoms with Gasteiger partial charge in [0.2, 0.25) is 0 Å². The van der Waals surface area contributed by atoms with Gasteiger partial charge in [-0.05, 0) is 37.6 Å². The maximum absolute atomic E-state index is 6.34. The van der Waals surface area contributed by atoms with Crippen molar-refractivity contribution in [1.82, 2.24) is 10.3 Å². The second kappa shape index (κ2) is 5.21. The molecular weight excluding hydrogens is 272 g/mol. The molecule has 0 aliphatic carbocycles. The Morgan fingerprint density at radius 2 is 2.18 bits per heavy atom. The lowest BCUT2D eigenvalue weighted by Gasteiger charge is -2.22. The number of nitrogens with zero attached hydrogens (tertiary/aromatic N) is 2. The molecule has 1 unspecified atom stereocenters. The molecule has 1 spiro atoms. The van der Waals surface area contributed by atoms with Crippen molar-refractivity contribution in [3.8, 4) is 0 Å². The number of allylic oxidation sites excluding steroid dienone is 1. The Bertz CT molecular complexity index is 770. The quantitative estimate of drug-likeness (QED) is 0.893. The van der Waals surface area contributed by atoms with E-state index in [2.05, 4.69) is 28.5 Å². The highest BCUT2D eigenvalue weighted by molar-refractivity contribution is 6.05. The summed E-state index contributed by atoms with van der Waals surface area (Å²) in [5.41, 5.74) is 10.4. The number of nitrogens with two attached hydrogens (primary N) is 1. The Labute approximate surface area is 130 Å². The number of fused-ring (bicyclic) bond motifs is 1. The summed E-state index contributed by atoms with van der Waals surface area (Å²) in [4.78, 5) is 9.19. The van der Waals surface area contributed by atoms with Gasteiger partial charge in [-0.25, -0.2) is 0 Å². The average Bonchev–Trinajstić information content (AvgIpc) is 3.18. The molecule has 0 amide bonds. The Balaban J connectivity index is 1.68. The van der Waals surface area contributed by atoms with Crippen molar-refractivity contribution in [3.05, 3.63) is 48.2 Å². The number of para-hydroxylation sites is 1. The van der Waals surface area contributed by atoms with Crippen LogP contribution in [0.15, 0.2) is 47.6 Å². The minimum Gasteiger partial charge on any atom is -0.398 e. The van der Waals surface area contributed by atoms with Gasteiger partial charge in [-0.1, -0.05) is 18.2 Å². The maximum atomic E-state index is 6.34. The third-order valence-corrected chi connectivity index (χ3v) is 4.88. The van der Waals surface area contributed by atoms with Crippen LogP contribution in [0.4, 0.5) is 0 Å². The van der Waals surface area contributed by atoms with Gasteiger partial charge in [0.25, 0.3) is 0 Å². The standard InChI is InChI=1S/C18H20N4/c19-15(10-17-18(6-8-21-17)5-7-20-12-18)14-9-13-3-1-2-4-16(13)22-11-14/h1-4,9-11,20H,5-8,12,19H2. The number of nitrogens with one attached hydrogen (secondary N) is 1. The van der Waals surface area contributed by atoms with Gasteiger partial charge < -0.3 is 11.1 Å². The molecule has 2 aliphatic rings. The first-order valence-electron chi connectivity index (χ1n) is 7.85. The molecule has 4 nitrogen and oxygen atoms in total. The van der Waals surface area contributed by atoms with E-state index in [0.29, 0.717) is 0 Å². The molecule has 0 saturated carbocycles. The van der Waals surface area contributed by atoms with Crippen LogP contribution in [-0.2, 0) is 0 Å². The fourth-order valence-electron chi connectivity index (χ4n) is 3.52. The third kappa shape index (κ3) is 2.20. The van der Waals surface area contributed by atoms with Crippen LogP contribution in [-0.4, -0.2) is 30.3 Å². The number of hydrogen-bond donors (Lipinski definition) is 2. The summed E-state index contributed by atoms with van der Waals surface area (Å²) in [7, 11) is 0. The lowest BCUT2D eigenvalue weighted by molar-refractivity contribution is 0.465. The minimum absolute atomic E-state index is 0.203. The lowest BCUT2D eigenvalue weighted by atomic mass is 9.80. The van der Waals surface area contributed by atoms with Crippen LogP contribution in [0, 0.1) is 5.41 Å². The molecule has 0 bridgehead atoms. The minimum atomic E-state index is 0.203. The molecule has 22 heavy (non-hydrogen) atoms. The predicted octanol–water partition coefficient (Wildman–Crippen LogP) is 2.36. The molecule has 112 valence electrons. The van der Waals surface area contributed by atoms with Gasteiger partial charge in [0.05, 0.1) is 5.52 Å². The second-order valence-corrected chi connectivity index (χ2v) is 6.24. The first kappa shape index (κ1) is 13.5. The van der Waals surface area contributed by atoms with Crippen molar-refractivity contribution in [2.75, 3.05) is 19.6 Å². The van der Waals surface area contributed by atoms with Crippen molar-refractivity contribution < 1.29 is 0 Å². The van der Waals surface area contributed by atoms with E-state index >= 15 is 0 Å². The number of aromatic nitrogens is 1. The van der Waals surface area contributed by atoms with Gasteiger partial charge in [-0.2, -0.15) is 0 Å². The normalized spacial score (nSPS) is 25.1. The zero-order chi connectivity index (χ0) is 15.0. The van der Waals surface area contributed by atoms with E-state index in [1.165, 1.54) is 0 Å². The van der Waals surface area contributed by atoms with Crippen LogP contribution >= 0.6 is 0 Å². The number of rotatable bonds is 2. The molecule has 2 aromatic rings. The van der Waals surface area contributed by atoms with Crippen molar-refractivity contribution in [2.24, 2.45) is 16.1 Å². The van der Waals surface area contributed by atoms with Crippen molar-refractivity contribution in [1.29, 1.82) is 0 Å². The number of pyridine rings is 1. The molecule has 2 aliphatic heterocycles. The number of benzene rings is 1. The smallest absolute Gasteiger partial charge is 0.0702 e. The lowest BCUT2D eigenvalue weighted by Crippen LogP contribution is -2.29. The molecular formula is C18H20N4. The van der Waals surface area contributed by atoms with Gasteiger partial charge in [0.15, 0.2) is 0 Å². The molecule has 3 N–H and O–H groups in total. The fraction of sp³-hybridized carbons (Fsp3) is 0.333. The highest BCUT2D eigenvalue weighted by atomic mass is 15.0. The summed E-state index contributed by atoms with van der Waals surface area (Å²) >= 11 is 0. The molecule has 1 saturated heterocycles. The molecule has 1 aromatic heterocycles. The summed E-state index contributed by atoms with van der Waals surface area (Å²) in [5, 5.41) is 4.57. The Morgan fingerprint density at radius 1 is 1.27 bits per heavy atom. The zero-order valence-corrected chi connectivity index (χ0v) is 12.5. The summed E-state index contributed by atoms with van der Waals surface area (Å²) in [5.74, 6) is 0. The van der Waals surface area contributed by atoms with Crippen molar-refractivity contribution >= 4 is 22.3 Å². The molecule has 0 radical (unpaired) electrons. The summed E-state index contributed by atoms with van der Waals surface area (Å²) in [6.45, 7) is 3.01. The monoisotopic (exact) mass is 292 g/mol. The van der Waals surface area contributed by atoms with Gasteiger partial charge >= 0.3 is 0 Å². The van der Waals surface area contributed by atoms with Crippen LogP contribution in [0.3, 0.4) is 0 Å². The highest BCUT2D eigenvalue weighted by Gasteiger charge is 2.40. The van der Waals surface area contributed by atoms with Crippen molar-refractivity contribution in [2.45, 2.75) is 12.8 Å². The van der Waals surface area contributed by atoms with E-state index in [1.54, 1.807) is 0 Å². The second-order valence-electron chi connectivity index (χ2n) is 6.24.